The predicted molar refractivity (Wildman–Crippen MR) is 69.0 cm³/mol. The summed E-state index contributed by atoms with van der Waals surface area (Å²) in [4.78, 5) is 26.0. The molecule has 3 rings (SSSR count). The van der Waals surface area contributed by atoms with E-state index in [9.17, 15) is 27.2 Å². The molecule has 2 heterocycles. The van der Waals surface area contributed by atoms with E-state index in [0.717, 1.165) is 12.1 Å². The Morgan fingerprint density at radius 2 is 2.12 bits per heavy atom. The molecule has 1 aliphatic heterocycles. The molecule has 1 aromatic carbocycles. The molecule has 1 saturated heterocycles. The minimum Gasteiger partial charge on any atom is -0.352 e. The minimum atomic E-state index is -4.84. The summed E-state index contributed by atoms with van der Waals surface area (Å²) in [5.74, 6) is -4.24. The first kappa shape index (κ1) is 15.9. The van der Waals surface area contributed by atoms with Crippen molar-refractivity contribution in [2.45, 2.75) is 12.2 Å². The number of hydrogen-bond donors (Lipinski definition) is 2. The second-order valence-electron chi connectivity index (χ2n) is 4.89. The number of β-lactam (4-membered cyclic amide) rings is 1. The van der Waals surface area contributed by atoms with E-state index in [1.54, 1.807) is 0 Å². The first-order chi connectivity index (χ1) is 11.3. The highest BCUT2D eigenvalue weighted by atomic mass is 19.4. The number of alkyl halides is 3. The van der Waals surface area contributed by atoms with Gasteiger partial charge >= 0.3 is 12.1 Å². The van der Waals surface area contributed by atoms with Crippen LogP contribution in [-0.2, 0) is 11.0 Å². The Kier molecular flexibility index (Phi) is 3.70. The standard InChI is InChI=1S/C13H8F4N4O3/c14-7-3-5(10(22)19-8-4-18-11(8)23)1-2-6(7)9-20-12(24-21-9)13(15,16)17/h1-3,8H,4H2,(H,18,23)(H,19,22). The number of amides is 2. The van der Waals surface area contributed by atoms with Crippen molar-refractivity contribution in [3.05, 3.63) is 35.5 Å². The Morgan fingerprint density at radius 3 is 2.62 bits per heavy atom. The molecule has 0 spiro atoms. The number of nitrogens with zero attached hydrogens (tertiary/aromatic N) is 2. The van der Waals surface area contributed by atoms with Gasteiger partial charge in [0.2, 0.25) is 11.7 Å². The number of rotatable bonds is 3. The molecule has 0 radical (unpaired) electrons. The van der Waals surface area contributed by atoms with Crippen LogP contribution in [0.4, 0.5) is 17.6 Å². The Hall–Kier alpha value is -2.98. The third-order valence-corrected chi connectivity index (χ3v) is 3.24. The molecule has 2 aromatic rings. The van der Waals surface area contributed by atoms with Crippen LogP contribution in [-0.4, -0.2) is 34.5 Å². The van der Waals surface area contributed by atoms with Crippen LogP contribution >= 0.6 is 0 Å². The third kappa shape index (κ3) is 2.92. The third-order valence-electron chi connectivity index (χ3n) is 3.24. The van der Waals surface area contributed by atoms with Gasteiger partial charge in [-0.05, 0) is 18.2 Å². The molecule has 7 nitrogen and oxygen atoms in total. The van der Waals surface area contributed by atoms with Gasteiger partial charge < -0.3 is 15.2 Å². The van der Waals surface area contributed by atoms with Crippen molar-refractivity contribution in [1.29, 1.82) is 0 Å². The predicted octanol–water partition coefficient (Wildman–Crippen LogP) is 1.12. The molecule has 0 aliphatic carbocycles. The number of benzene rings is 1. The molecular weight excluding hydrogens is 336 g/mol. The molecule has 1 unspecified atom stereocenters. The molecule has 24 heavy (non-hydrogen) atoms. The monoisotopic (exact) mass is 344 g/mol. The van der Waals surface area contributed by atoms with E-state index in [1.165, 1.54) is 6.07 Å². The smallest absolute Gasteiger partial charge is 0.352 e. The Morgan fingerprint density at radius 1 is 1.38 bits per heavy atom. The summed E-state index contributed by atoms with van der Waals surface area (Å²) in [5.41, 5.74) is -0.456. The minimum absolute atomic E-state index is 0.101. The van der Waals surface area contributed by atoms with Crippen LogP contribution in [0.5, 0.6) is 0 Å². The normalized spacial score (nSPS) is 17.2. The van der Waals surface area contributed by atoms with Crippen LogP contribution in [0.3, 0.4) is 0 Å². The van der Waals surface area contributed by atoms with Gasteiger partial charge in [-0.25, -0.2) is 4.39 Å². The van der Waals surface area contributed by atoms with Crippen LogP contribution in [0.15, 0.2) is 22.7 Å². The lowest BCUT2D eigenvalue weighted by molar-refractivity contribution is -0.159. The SMILES string of the molecule is O=C(NC1CNC1=O)c1ccc(-c2noc(C(F)(F)F)n2)c(F)c1. The first-order valence-electron chi connectivity index (χ1n) is 6.55. The molecule has 1 atom stereocenters. The van der Waals surface area contributed by atoms with E-state index in [2.05, 4.69) is 25.3 Å². The summed E-state index contributed by atoms with van der Waals surface area (Å²) in [5, 5.41) is 7.87. The molecule has 0 saturated carbocycles. The lowest BCUT2D eigenvalue weighted by atomic mass is 10.1. The highest BCUT2D eigenvalue weighted by Gasteiger charge is 2.38. The van der Waals surface area contributed by atoms with Crippen LogP contribution < -0.4 is 10.6 Å². The van der Waals surface area contributed by atoms with E-state index in [0.29, 0.717) is 0 Å². The summed E-state index contributed by atoms with van der Waals surface area (Å²) in [6.45, 7) is 0.272. The maximum atomic E-state index is 14.0. The van der Waals surface area contributed by atoms with Crippen LogP contribution in [0.2, 0.25) is 0 Å². The fourth-order valence-corrected chi connectivity index (χ4v) is 1.93. The van der Waals surface area contributed by atoms with Gasteiger partial charge in [0, 0.05) is 12.1 Å². The fraction of sp³-hybridized carbons (Fsp3) is 0.231. The highest BCUT2D eigenvalue weighted by Crippen LogP contribution is 2.30. The van der Waals surface area contributed by atoms with Gasteiger partial charge in [-0.1, -0.05) is 5.16 Å². The van der Waals surface area contributed by atoms with E-state index in [4.69, 9.17) is 0 Å². The molecule has 2 N–H and O–H groups in total. The molecule has 126 valence electrons. The molecule has 1 aromatic heterocycles. The lowest BCUT2D eigenvalue weighted by Gasteiger charge is -2.26. The van der Waals surface area contributed by atoms with Crippen molar-refractivity contribution in [2.75, 3.05) is 6.54 Å². The van der Waals surface area contributed by atoms with Crippen molar-refractivity contribution in [1.82, 2.24) is 20.8 Å². The molecule has 1 aliphatic rings. The number of nitrogens with one attached hydrogen (secondary N) is 2. The van der Waals surface area contributed by atoms with Gasteiger partial charge in [0.1, 0.15) is 11.9 Å². The average Bonchev–Trinajstić information content (AvgIpc) is 3.00. The number of aromatic nitrogens is 2. The zero-order valence-corrected chi connectivity index (χ0v) is 11.6. The van der Waals surface area contributed by atoms with Gasteiger partial charge in [0.05, 0.1) is 5.56 Å². The van der Waals surface area contributed by atoms with Crippen molar-refractivity contribution in [3.63, 3.8) is 0 Å². The maximum absolute atomic E-state index is 14.0. The fourth-order valence-electron chi connectivity index (χ4n) is 1.93. The topological polar surface area (TPSA) is 97.1 Å². The average molecular weight is 344 g/mol. The molecule has 1 fully saturated rings. The molecule has 11 heteroatoms. The van der Waals surface area contributed by atoms with Crippen LogP contribution in [0, 0.1) is 5.82 Å². The lowest BCUT2D eigenvalue weighted by Crippen LogP contribution is -2.61. The second kappa shape index (κ2) is 5.58. The quantitative estimate of drug-likeness (QED) is 0.642. The van der Waals surface area contributed by atoms with Gasteiger partial charge in [0.15, 0.2) is 0 Å². The summed E-state index contributed by atoms with van der Waals surface area (Å²) < 4.78 is 55.3. The molecular formula is C13H8F4N4O3. The Labute approximate surface area is 131 Å². The van der Waals surface area contributed by atoms with Crippen LogP contribution in [0.25, 0.3) is 11.4 Å². The Bertz CT molecular complexity index is 818. The number of carbonyl (C=O) groups is 2. The van der Waals surface area contributed by atoms with Crippen LogP contribution in [0.1, 0.15) is 16.2 Å². The van der Waals surface area contributed by atoms with Crippen molar-refractivity contribution >= 4 is 11.8 Å². The maximum Gasteiger partial charge on any atom is 0.471 e. The zero-order chi connectivity index (χ0) is 17.5. The van der Waals surface area contributed by atoms with Crippen molar-refractivity contribution in [3.8, 4) is 11.4 Å². The van der Waals surface area contributed by atoms with Gasteiger partial charge in [-0.15, -0.1) is 0 Å². The zero-order valence-electron chi connectivity index (χ0n) is 11.6. The molecule has 0 bridgehead atoms. The molecule has 2 amide bonds. The van der Waals surface area contributed by atoms with Crippen molar-refractivity contribution < 1.29 is 31.7 Å². The first-order valence-corrected chi connectivity index (χ1v) is 6.55. The summed E-state index contributed by atoms with van der Waals surface area (Å²) in [7, 11) is 0. The summed E-state index contributed by atoms with van der Waals surface area (Å²) >= 11 is 0. The number of halogens is 4. The largest absolute Gasteiger partial charge is 0.471 e. The van der Waals surface area contributed by atoms with E-state index in [-0.39, 0.29) is 23.6 Å². The van der Waals surface area contributed by atoms with Gasteiger partial charge in [0.25, 0.3) is 5.91 Å². The second-order valence-corrected chi connectivity index (χ2v) is 4.89. The van der Waals surface area contributed by atoms with Gasteiger partial charge in [-0.3, -0.25) is 9.59 Å². The van der Waals surface area contributed by atoms with Crippen molar-refractivity contribution in [2.24, 2.45) is 0 Å². The highest BCUT2D eigenvalue weighted by molar-refractivity contribution is 5.99. The van der Waals surface area contributed by atoms with E-state index < -0.39 is 35.7 Å². The summed E-state index contributed by atoms with van der Waals surface area (Å²) in [6.07, 6.45) is -4.84. The van der Waals surface area contributed by atoms with E-state index >= 15 is 0 Å². The van der Waals surface area contributed by atoms with E-state index in [1.807, 2.05) is 0 Å². The summed E-state index contributed by atoms with van der Waals surface area (Å²) in [6, 6.07) is 2.35. The van der Waals surface area contributed by atoms with Gasteiger partial charge in [-0.2, -0.15) is 18.2 Å². The Balaban J connectivity index is 1.81. The number of hydrogen-bond acceptors (Lipinski definition) is 5. The number of carbonyl (C=O) groups excluding carboxylic acids is 2.